The first-order chi connectivity index (χ1) is 11.6. The summed E-state index contributed by atoms with van der Waals surface area (Å²) in [6.07, 6.45) is 1.85. The maximum absolute atomic E-state index is 11.3. The molecule has 1 heterocycles. The molecule has 1 fully saturated rings. The lowest BCUT2D eigenvalue weighted by atomic mass is 10.0. The SMILES string of the molecule is CN=C(NCC(C(C)C)N1CCN(C)CC1)NC(C)CCS(C)(=O)=O. The Bertz CT molecular complexity index is 513. The summed E-state index contributed by atoms with van der Waals surface area (Å²) >= 11 is 0. The van der Waals surface area contributed by atoms with Crippen LogP contribution in [0.3, 0.4) is 0 Å². The van der Waals surface area contributed by atoms with Crippen LogP contribution in [0.4, 0.5) is 0 Å². The molecule has 0 spiro atoms. The predicted molar refractivity (Wildman–Crippen MR) is 106 cm³/mol. The maximum Gasteiger partial charge on any atom is 0.191 e. The zero-order valence-corrected chi connectivity index (χ0v) is 17.6. The first-order valence-corrected chi connectivity index (χ1v) is 11.3. The van der Waals surface area contributed by atoms with E-state index in [4.69, 9.17) is 0 Å². The van der Waals surface area contributed by atoms with Gasteiger partial charge in [-0.3, -0.25) is 9.89 Å². The molecular formula is C17H37N5O2S. The molecule has 0 radical (unpaired) electrons. The van der Waals surface area contributed by atoms with E-state index in [1.54, 1.807) is 7.05 Å². The van der Waals surface area contributed by atoms with Crippen LogP contribution in [0.15, 0.2) is 4.99 Å². The summed E-state index contributed by atoms with van der Waals surface area (Å²) in [5.41, 5.74) is 0. The largest absolute Gasteiger partial charge is 0.355 e. The Morgan fingerprint density at radius 1 is 1.16 bits per heavy atom. The smallest absolute Gasteiger partial charge is 0.191 e. The molecule has 0 aromatic heterocycles. The second kappa shape index (κ2) is 10.3. The van der Waals surface area contributed by atoms with Gasteiger partial charge in [0.2, 0.25) is 0 Å². The van der Waals surface area contributed by atoms with Crippen LogP contribution in [0.1, 0.15) is 27.2 Å². The number of rotatable bonds is 8. The van der Waals surface area contributed by atoms with E-state index < -0.39 is 9.84 Å². The molecule has 2 unspecified atom stereocenters. The van der Waals surface area contributed by atoms with Crippen LogP contribution in [0.5, 0.6) is 0 Å². The minimum absolute atomic E-state index is 0.0575. The number of likely N-dealkylation sites (N-methyl/N-ethyl adjacent to an activating group) is 1. The lowest BCUT2D eigenvalue weighted by Crippen LogP contribution is -2.55. The molecule has 2 atom stereocenters. The quantitative estimate of drug-likeness (QED) is 0.468. The average molecular weight is 376 g/mol. The van der Waals surface area contributed by atoms with Crippen LogP contribution < -0.4 is 10.6 Å². The highest BCUT2D eigenvalue weighted by atomic mass is 32.2. The van der Waals surface area contributed by atoms with Crippen LogP contribution in [-0.4, -0.2) is 95.1 Å². The van der Waals surface area contributed by atoms with E-state index in [-0.39, 0.29) is 11.8 Å². The number of nitrogens with one attached hydrogen (secondary N) is 2. The van der Waals surface area contributed by atoms with Crippen molar-refractivity contribution in [2.45, 2.75) is 39.3 Å². The van der Waals surface area contributed by atoms with Gasteiger partial charge in [0.1, 0.15) is 9.84 Å². The van der Waals surface area contributed by atoms with Gasteiger partial charge in [-0.2, -0.15) is 0 Å². The third-order valence-electron chi connectivity index (χ3n) is 4.78. The van der Waals surface area contributed by atoms with Crippen molar-refractivity contribution in [3.05, 3.63) is 0 Å². The van der Waals surface area contributed by atoms with Crippen molar-refractivity contribution < 1.29 is 8.42 Å². The third-order valence-corrected chi connectivity index (χ3v) is 5.76. The molecule has 0 aromatic carbocycles. The zero-order chi connectivity index (χ0) is 19.0. The fraction of sp³-hybridized carbons (Fsp3) is 0.941. The topological polar surface area (TPSA) is 77.0 Å². The van der Waals surface area contributed by atoms with Crippen LogP contribution in [0.25, 0.3) is 0 Å². The van der Waals surface area contributed by atoms with Crippen LogP contribution in [-0.2, 0) is 9.84 Å². The van der Waals surface area contributed by atoms with Gasteiger partial charge in [-0.15, -0.1) is 0 Å². The van der Waals surface area contributed by atoms with Crippen molar-refractivity contribution in [1.82, 2.24) is 20.4 Å². The van der Waals surface area contributed by atoms with Crippen molar-refractivity contribution in [3.63, 3.8) is 0 Å². The third kappa shape index (κ3) is 8.87. The first-order valence-electron chi connectivity index (χ1n) is 9.20. The Labute approximate surface area is 154 Å². The molecule has 7 nitrogen and oxygen atoms in total. The van der Waals surface area contributed by atoms with Crippen LogP contribution in [0.2, 0.25) is 0 Å². The minimum Gasteiger partial charge on any atom is -0.355 e. The van der Waals surface area contributed by atoms with Crippen LogP contribution >= 0.6 is 0 Å². The normalized spacial score (nSPS) is 20.5. The minimum atomic E-state index is -2.93. The monoisotopic (exact) mass is 375 g/mol. The lowest BCUT2D eigenvalue weighted by Gasteiger charge is -2.40. The molecule has 0 bridgehead atoms. The van der Waals surface area contributed by atoms with Gasteiger partial charge < -0.3 is 15.5 Å². The molecule has 8 heteroatoms. The summed E-state index contributed by atoms with van der Waals surface area (Å²) in [5, 5.41) is 6.71. The van der Waals surface area contributed by atoms with E-state index >= 15 is 0 Å². The van der Waals surface area contributed by atoms with Crippen LogP contribution in [0, 0.1) is 5.92 Å². The molecule has 0 saturated carbocycles. The highest BCUT2D eigenvalue weighted by Gasteiger charge is 2.25. The summed E-state index contributed by atoms with van der Waals surface area (Å²) in [5.74, 6) is 1.48. The van der Waals surface area contributed by atoms with E-state index in [1.165, 1.54) is 6.26 Å². The lowest BCUT2D eigenvalue weighted by molar-refractivity contribution is 0.0899. The van der Waals surface area contributed by atoms with Gasteiger partial charge in [-0.1, -0.05) is 13.8 Å². The van der Waals surface area contributed by atoms with Gasteiger partial charge >= 0.3 is 0 Å². The summed E-state index contributed by atoms with van der Waals surface area (Å²) < 4.78 is 22.6. The standard InChI is InChI=1S/C17H37N5O2S/c1-14(2)16(22-10-8-21(5)9-11-22)13-19-17(18-4)20-15(3)7-12-25(6,23)24/h14-16H,7-13H2,1-6H3,(H2,18,19,20). The van der Waals surface area contributed by atoms with Crippen molar-refractivity contribution in [1.29, 1.82) is 0 Å². The Morgan fingerprint density at radius 3 is 2.24 bits per heavy atom. The highest BCUT2D eigenvalue weighted by Crippen LogP contribution is 2.12. The Morgan fingerprint density at radius 2 is 1.76 bits per heavy atom. The molecular weight excluding hydrogens is 338 g/mol. The molecule has 25 heavy (non-hydrogen) atoms. The van der Waals surface area contributed by atoms with Gasteiger partial charge in [0.05, 0.1) is 5.75 Å². The summed E-state index contributed by atoms with van der Waals surface area (Å²) in [7, 11) is 0.991. The number of aliphatic imine (C=N–C) groups is 1. The fourth-order valence-electron chi connectivity index (χ4n) is 3.03. The maximum atomic E-state index is 11.3. The molecule has 1 aliphatic rings. The number of hydrogen-bond donors (Lipinski definition) is 2. The second-order valence-corrected chi connectivity index (χ2v) is 9.83. The van der Waals surface area contributed by atoms with E-state index in [9.17, 15) is 8.42 Å². The van der Waals surface area contributed by atoms with Crippen molar-refractivity contribution >= 4 is 15.8 Å². The van der Waals surface area contributed by atoms with Gasteiger partial charge in [-0.25, -0.2) is 8.42 Å². The first kappa shape index (κ1) is 22.2. The Kier molecular flexibility index (Phi) is 9.16. The number of guanidine groups is 1. The van der Waals surface area contributed by atoms with Gasteiger partial charge in [0.15, 0.2) is 5.96 Å². The van der Waals surface area contributed by atoms with Crippen molar-refractivity contribution in [2.24, 2.45) is 10.9 Å². The molecule has 0 aromatic rings. The number of hydrogen-bond acceptors (Lipinski definition) is 5. The number of nitrogens with zero attached hydrogens (tertiary/aromatic N) is 3. The van der Waals surface area contributed by atoms with Gasteiger partial charge in [-0.05, 0) is 26.3 Å². The Balaban J connectivity index is 2.50. The van der Waals surface area contributed by atoms with Gasteiger partial charge in [0.25, 0.3) is 0 Å². The Hall–Kier alpha value is -0.860. The number of sulfone groups is 1. The number of piperazine rings is 1. The summed E-state index contributed by atoms with van der Waals surface area (Å²) in [6, 6.07) is 0.514. The predicted octanol–water partition coefficient (Wildman–Crippen LogP) is 0.247. The molecule has 1 saturated heterocycles. The van der Waals surface area contributed by atoms with Gasteiger partial charge in [0, 0.05) is 58.1 Å². The van der Waals surface area contributed by atoms with E-state index in [2.05, 4.69) is 46.3 Å². The highest BCUT2D eigenvalue weighted by molar-refractivity contribution is 7.90. The average Bonchev–Trinajstić information content (AvgIpc) is 2.52. The molecule has 0 amide bonds. The molecule has 2 N–H and O–H groups in total. The zero-order valence-electron chi connectivity index (χ0n) is 16.7. The summed E-state index contributed by atoms with van der Waals surface area (Å²) in [4.78, 5) is 9.20. The molecule has 1 aliphatic heterocycles. The van der Waals surface area contributed by atoms with Crippen molar-refractivity contribution in [2.75, 3.05) is 58.8 Å². The van der Waals surface area contributed by atoms with E-state index in [0.29, 0.717) is 18.4 Å². The molecule has 0 aliphatic carbocycles. The molecule has 148 valence electrons. The van der Waals surface area contributed by atoms with Crippen molar-refractivity contribution in [3.8, 4) is 0 Å². The van der Waals surface area contributed by atoms with E-state index in [0.717, 1.165) is 38.7 Å². The fourth-order valence-corrected chi connectivity index (χ4v) is 3.81. The van der Waals surface area contributed by atoms with E-state index in [1.807, 2.05) is 6.92 Å². The second-order valence-electron chi connectivity index (χ2n) is 7.57. The molecule has 1 rings (SSSR count). The summed E-state index contributed by atoms with van der Waals surface area (Å²) in [6.45, 7) is 11.7.